The van der Waals surface area contributed by atoms with Crippen molar-refractivity contribution in [2.75, 3.05) is 23.7 Å². The minimum Gasteiger partial charge on any atom is -0.456 e. The monoisotopic (exact) mass is 538 g/mol. The molecule has 4 heterocycles. The lowest BCUT2D eigenvalue weighted by Crippen LogP contribution is -2.49. The molecule has 1 atom stereocenters. The van der Waals surface area contributed by atoms with Crippen LogP contribution in [0, 0.1) is 23.7 Å². The normalized spacial score (nSPS) is 15.3. The highest BCUT2D eigenvalue weighted by Gasteiger charge is 2.35. The van der Waals surface area contributed by atoms with Gasteiger partial charge in [-0.25, -0.2) is 9.97 Å². The Balaban J connectivity index is 1.30. The topological polar surface area (TPSA) is 149 Å². The van der Waals surface area contributed by atoms with E-state index in [9.17, 15) is 14.9 Å². The highest BCUT2D eigenvalue weighted by atomic mass is 16.5. The average molecular weight is 539 g/mol. The lowest BCUT2D eigenvalue weighted by atomic mass is 9.92. The molecule has 1 aromatic carbocycles. The Morgan fingerprint density at radius 3 is 2.67 bits per heavy atom. The minimum absolute atomic E-state index is 0.0487. The molecule has 0 spiro atoms. The molecule has 2 amide bonds. The van der Waals surface area contributed by atoms with Crippen molar-refractivity contribution < 1.29 is 14.3 Å². The number of H-pyrrole nitrogens is 1. The van der Waals surface area contributed by atoms with Gasteiger partial charge in [0.25, 0.3) is 5.91 Å². The maximum Gasteiger partial charge on any atom is 0.256 e. The van der Waals surface area contributed by atoms with E-state index in [1.165, 1.54) is 0 Å². The Hall–Kier alpha value is -4.98. The first-order chi connectivity index (χ1) is 19.2. The van der Waals surface area contributed by atoms with E-state index < -0.39 is 5.41 Å². The number of rotatable bonds is 7. The van der Waals surface area contributed by atoms with E-state index in [-0.39, 0.29) is 17.9 Å². The number of nitrogens with one attached hydrogen (secondary N) is 3. The van der Waals surface area contributed by atoms with Gasteiger partial charge in [0.2, 0.25) is 5.91 Å². The maximum atomic E-state index is 12.8. The number of pyridine rings is 2. The van der Waals surface area contributed by atoms with Crippen LogP contribution in [-0.2, 0) is 4.79 Å². The summed E-state index contributed by atoms with van der Waals surface area (Å²) >= 11 is 0. The van der Waals surface area contributed by atoms with Gasteiger partial charge in [-0.05, 0) is 75.6 Å². The fourth-order valence-corrected chi connectivity index (χ4v) is 4.62. The summed E-state index contributed by atoms with van der Waals surface area (Å²) in [5.74, 6) is 1.69. The number of carbonyl (C=O) groups is 2. The summed E-state index contributed by atoms with van der Waals surface area (Å²) in [6.07, 6.45) is 4.94. The van der Waals surface area contributed by atoms with Gasteiger partial charge in [-0.3, -0.25) is 14.7 Å². The summed E-state index contributed by atoms with van der Waals surface area (Å²) in [5.41, 5.74) is 0.954. The Morgan fingerprint density at radius 1 is 1.15 bits per heavy atom. The number of hydrogen-bond acceptors (Lipinski definition) is 8. The molecule has 0 saturated carbocycles. The second kappa shape index (κ2) is 11.0. The van der Waals surface area contributed by atoms with Gasteiger partial charge in [0.15, 0.2) is 11.5 Å². The first-order valence-electron chi connectivity index (χ1n) is 13.1. The molecule has 11 heteroatoms. The first kappa shape index (κ1) is 26.6. The summed E-state index contributed by atoms with van der Waals surface area (Å²) in [7, 11) is 0. The van der Waals surface area contributed by atoms with Crippen molar-refractivity contribution in [1.82, 2.24) is 25.1 Å². The predicted octanol–water partition coefficient (Wildman–Crippen LogP) is 4.66. The molecule has 0 radical (unpaired) electrons. The van der Waals surface area contributed by atoms with Crippen molar-refractivity contribution in [3.8, 4) is 17.6 Å². The van der Waals surface area contributed by atoms with Crippen LogP contribution in [0.4, 0.5) is 11.6 Å². The second-order valence-corrected chi connectivity index (χ2v) is 10.4. The van der Waals surface area contributed by atoms with Gasteiger partial charge in [0, 0.05) is 43.2 Å². The van der Waals surface area contributed by atoms with E-state index in [2.05, 4.69) is 36.9 Å². The van der Waals surface area contributed by atoms with E-state index in [4.69, 9.17) is 4.74 Å². The largest absolute Gasteiger partial charge is 0.456 e. The van der Waals surface area contributed by atoms with Gasteiger partial charge >= 0.3 is 0 Å². The third kappa shape index (κ3) is 5.71. The predicted molar refractivity (Wildman–Crippen MR) is 150 cm³/mol. The van der Waals surface area contributed by atoms with Crippen molar-refractivity contribution in [2.45, 2.75) is 39.7 Å². The second-order valence-electron chi connectivity index (χ2n) is 10.4. The summed E-state index contributed by atoms with van der Waals surface area (Å²) < 4.78 is 6.18. The van der Waals surface area contributed by atoms with Crippen LogP contribution < -0.4 is 15.4 Å². The standard InChI is InChI=1S/C29H30N8O3/c1-18-10-12-31-23(15-18)34-27(38)19-6-8-21(9-7-19)40-22-11-13-32-25-24(22)26(36-35-25)33-20-5-4-14-37(16-20)28(39)29(2,3)17-30/h6-13,15,20H,4-5,14,16H2,1-3H3,(H,31,34,38)(H2,32,33,35,36)/t20-/m1/s1. The maximum absolute atomic E-state index is 12.8. The Labute approximate surface area is 231 Å². The van der Waals surface area contributed by atoms with Crippen molar-refractivity contribution in [3.63, 3.8) is 0 Å². The number of nitriles is 1. The molecule has 3 aromatic heterocycles. The summed E-state index contributed by atoms with van der Waals surface area (Å²) in [6, 6.07) is 14.3. The van der Waals surface area contributed by atoms with Gasteiger partial charge in [-0.2, -0.15) is 10.4 Å². The molecular formula is C29H30N8O3. The third-order valence-electron chi connectivity index (χ3n) is 6.79. The number of piperidine rings is 1. The number of fused-ring (bicyclic) bond motifs is 1. The van der Waals surface area contributed by atoms with Crippen LogP contribution in [0.2, 0.25) is 0 Å². The van der Waals surface area contributed by atoms with Gasteiger partial charge in [0.1, 0.15) is 28.1 Å². The minimum atomic E-state index is -1.07. The van der Waals surface area contributed by atoms with E-state index in [1.54, 1.807) is 67.5 Å². The molecule has 1 aliphatic rings. The molecule has 40 heavy (non-hydrogen) atoms. The Kier molecular flexibility index (Phi) is 7.33. The van der Waals surface area contributed by atoms with Crippen LogP contribution in [0.25, 0.3) is 11.0 Å². The zero-order valence-electron chi connectivity index (χ0n) is 22.6. The lowest BCUT2D eigenvalue weighted by Gasteiger charge is -2.35. The zero-order valence-corrected chi connectivity index (χ0v) is 22.6. The number of benzene rings is 1. The van der Waals surface area contributed by atoms with Crippen molar-refractivity contribution >= 4 is 34.5 Å². The fourth-order valence-electron chi connectivity index (χ4n) is 4.62. The SMILES string of the molecule is Cc1ccnc(NC(=O)c2ccc(Oc3ccnc4[nH]nc(N[C@@H]5CCCN(C(=O)C(C)(C)C#N)C5)c34)cc2)c1. The van der Waals surface area contributed by atoms with Crippen LogP contribution in [0.5, 0.6) is 11.5 Å². The smallest absolute Gasteiger partial charge is 0.256 e. The number of hydrogen-bond donors (Lipinski definition) is 3. The molecule has 0 aliphatic carbocycles. The molecule has 3 N–H and O–H groups in total. The summed E-state index contributed by atoms with van der Waals surface area (Å²) in [4.78, 5) is 35.8. The molecule has 0 bridgehead atoms. The highest BCUT2D eigenvalue weighted by molar-refractivity contribution is 6.03. The van der Waals surface area contributed by atoms with Crippen molar-refractivity contribution in [3.05, 3.63) is 66.0 Å². The number of carbonyl (C=O) groups excluding carboxylic acids is 2. The van der Waals surface area contributed by atoms with E-state index in [1.807, 2.05) is 13.0 Å². The van der Waals surface area contributed by atoms with Crippen LogP contribution in [-0.4, -0.2) is 56.0 Å². The number of aromatic nitrogens is 4. The lowest BCUT2D eigenvalue weighted by molar-refractivity contribution is -0.138. The number of ether oxygens (including phenoxy) is 1. The van der Waals surface area contributed by atoms with Crippen LogP contribution in [0.1, 0.15) is 42.6 Å². The molecule has 1 fully saturated rings. The molecule has 1 aliphatic heterocycles. The average Bonchev–Trinajstić information content (AvgIpc) is 3.36. The molecule has 5 rings (SSSR count). The molecule has 204 valence electrons. The van der Waals surface area contributed by atoms with E-state index >= 15 is 0 Å². The van der Waals surface area contributed by atoms with Crippen LogP contribution in [0.15, 0.2) is 54.9 Å². The number of likely N-dealkylation sites (tertiary alicyclic amines) is 1. The van der Waals surface area contributed by atoms with Crippen molar-refractivity contribution in [1.29, 1.82) is 5.26 Å². The Bertz CT molecular complexity index is 1590. The Morgan fingerprint density at radius 2 is 1.93 bits per heavy atom. The summed E-state index contributed by atoms with van der Waals surface area (Å²) in [6.45, 7) is 6.31. The number of amides is 2. The number of aryl methyl sites for hydroxylation is 1. The first-order valence-corrected chi connectivity index (χ1v) is 13.1. The highest BCUT2D eigenvalue weighted by Crippen LogP contribution is 2.34. The van der Waals surface area contributed by atoms with Gasteiger partial charge < -0.3 is 20.3 Å². The number of aromatic amines is 1. The molecular weight excluding hydrogens is 508 g/mol. The quantitative estimate of drug-likeness (QED) is 0.308. The van der Waals surface area contributed by atoms with Crippen molar-refractivity contribution in [2.24, 2.45) is 5.41 Å². The number of anilines is 2. The van der Waals surface area contributed by atoms with E-state index in [0.717, 1.165) is 18.4 Å². The molecule has 0 unspecified atom stereocenters. The third-order valence-corrected chi connectivity index (χ3v) is 6.79. The molecule has 11 nitrogen and oxygen atoms in total. The molecule has 4 aromatic rings. The van der Waals surface area contributed by atoms with Gasteiger partial charge in [-0.1, -0.05) is 0 Å². The zero-order chi connectivity index (χ0) is 28.3. The van der Waals surface area contributed by atoms with Crippen LogP contribution in [0.3, 0.4) is 0 Å². The van der Waals surface area contributed by atoms with Crippen LogP contribution >= 0.6 is 0 Å². The summed E-state index contributed by atoms with van der Waals surface area (Å²) in [5, 5.41) is 23.6. The molecule has 1 saturated heterocycles. The van der Waals surface area contributed by atoms with Gasteiger partial charge in [0.05, 0.1) is 6.07 Å². The number of nitrogens with zero attached hydrogens (tertiary/aromatic N) is 5. The van der Waals surface area contributed by atoms with E-state index in [0.29, 0.717) is 52.8 Å². The van der Waals surface area contributed by atoms with Gasteiger partial charge in [-0.15, -0.1) is 0 Å². The fraction of sp³-hybridized carbons (Fsp3) is 0.310.